The minimum Gasteiger partial charge on any atom is -0.380 e. The molecule has 0 aromatic heterocycles. The molecule has 3 aliphatic heterocycles. The molecule has 3 rings (SSSR count). The lowest BCUT2D eigenvalue weighted by Gasteiger charge is -2.44. The highest BCUT2D eigenvalue weighted by molar-refractivity contribution is 4.94. The number of rotatable bonds is 1. The first-order valence-electron chi connectivity index (χ1n) is 7.35. The van der Waals surface area contributed by atoms with Crippen molar-refractivity contribution < 1.29 is 4.74 Å². The number of fused-ring (bicyclic) bond motifs is 1. The first kappa shape index (κ1) is 11.9. The topological polar surface area (TPSA) is 15.7 Å². The number of hydrogen-bond donors (Lipinski definition) is 0. The Balaban J connectivity index is 1.69. The minimum absolute atomic E-state index is 0.316. The van der Waals surface area contributed by atoms with Gasteiger partial charge in [-0.1, -0.05) is 0 Å². The number of hydrogen-bond acceptors (Lipinski definition) is 3. The van der Waals surface area contributed by atoms with Crippen LogP contribution >= 0.6 is 0 Å². The Morgan fingerprint density at radius 1 is 1.12 bits per heavy atom. The van der Waals surface area contributed by atoms with E-state index in [0.29, 0.717) is 5.54 Å². The molecule has 0 bridgehead atoms. The molecule has 17 heavy (non-hydrogen) atoms. The average molecular weight is 238 g/mol. The molecule has 0 aromatic rings. The average Bonchev–Trinajstić information content (AvgIpc) is 2.67. The summed E-state index contributed by atoms with van der Waals surface area (Å²) in [5.74, 6) is 0. The van der Waals surface area contributed by atoms with E-state index in [1.807, 2.05) is 0 Å². The molecule has 0 N–H and O–H groups in total. The van der Waals surface area contributed by atoms with Crippen LogP contribution in [0.2, 0.25) is 0 Å². The summed E-state index contributed by atoms with van der Waals surface area (Å²) in [5.41, 5.74) is 0.316. The van der Waals surface area contributed by atoms with Crippen LogP contribution in [0.1, 0.15) is 39.0 Å². The lowest BCUT2D eigenvalue weighted by Crippen LogP contribution is -2.54. The van der Waals surface area contributed by atoms with Crippen molar-refractivity contribution in [3.05, 3.63) is 0 Å². The van der Waals surface area contributed by atoms with Crippen LogP contribution in [0.15, 0.2) is 0 Å². The molecule has 0 amide bonds. The van der Waals surface area contributed by atoms with Gasteiger partial charge >= 0.3 is 0 Å². The maximum atomic E-state index is 5.74. The fourth-order valence-corrected chi connectivity index (χ4v) is 3.87. The van der Waals surface area contributed by atoms with Crippen molar-refractivity contribution >= 4 is 0 Å². The van der Waals surface area contributed by atoms with E-state index >= 15 is 0 Å². The van der Waals surface area contributed by atoms with Crippen molar-refractivity contribution in [3.8, 4) is 0 Å². The van der Waals surface area contributed by atoms with Crippen LogP contribution in [0, 0.1) is 0 Å². The second-order valence-corrected chi connectivity index (χ2v) is 6.28. The Morgan fingerprint density at radius 3 is 2.82 bits per heavy atom. The van der Waals surface area contributed by atoms with Crippen molar-refractivity contribution in [2.45, 2.75) is 50.6 Å². The van der Waals surface area contributed by atoms with Gasteiger partial charge < -0.3 is 4.74 Å². The predicted octanol–water partition coefficient (Wildman–Crippen LogP) is 1.73. The molecule has 0 radical (unpaired) electrons. The third-order valence-electron chi connectivity index (χ3n) is 4.98. The molecule has 3 fully saturated rings. The van der Waals surface area contributed by atoms with Gasteiger partial charge in [-0.05, 0) is 52.1 Å². The van der Waals surface area contributed by atoms with Crippen LogP contribution in [-0.2, 0) is 4.74 Å². The van der Waals surface area contributed by atoms with Gasteiger partial charge in [-0.3, -0.25) is 9.80 Å². The molecule has 0 aromatic carbocycles. The lowest BCUT2D eigenvalue weighted by molar-refractivity contribution is -0.0415. The highest BCUT2D eigenvalue weighted by Crippen LogP contribution is 2.30. The summed E-state index contributed by atoms with van der Waals surface area (Å²) >= 11 is 0. The third kappa shape index (κ3) is 2.38. The smallest absolute Gasteiger partial charge is 0.0647 e. The Hall–Kier alpha value is -0.120. The SMILES string of the molecule is CC1(N2CCCN3CCCC3C2)CCCOC1. The molecule has 2 atom stereocenters. The Morgan fingerprint density at radius 2 is 2.00 bits per heavy atom. The Kier molecular flexibility index (Phi) is 3.42. The molecular weight excluding hydrogens is 212 g/mol. The van der Waals surface area contributed by atoms with Gasteiger partial charge in [0, 0.05) is 31.3 Å². The normalized spacial score (nSPS) is 41.1. The van der Waals surface area contributed by atoms with Crippen LogP contribution < -0.4 is 0 Å². The molecule has 3 nitrogen and oxygen atoms in total. The summed E-state index contributed by atoms with van der Waals surface area (Å²) in [6.07, 6.45) is 6.71. The van der Waals surface area contributed by atoms with Crippen LogP contribution in [0.25, 0.3) is 0 Å². The van der Waals surface area contributed by atoms with E-state index in [2.05, 4.69) is 16.7 Å². The maximum Gasteiger partial charge on any atom is 0.0647 e. The fourth-order valence-electron chi connectivity index (χ4n) is 3.87. The lowest BCUT2D eigenvalue weighted by atomic mass is 9.92. The highest BCUT2D eigenvalue weighted by Gasteiger charge is 2.38. The first-order valence-corrected chi connectivity index (χ1v) is 7.35. The van der Waals surface area contributed by atoms with E-state index < -0.39 is 0 Å². The largest absolute Gasteiger partial charge is 0.380 e. The zero-order chi connectivity index (χ0) is 11.7. The van der Waals surface area contributed by atoms with Gasteiger partial charge in [-0.25, -0.2) is 0 Å². The van der Waals surface area contributed by atoms with Gasteiger partial charge in [0.05, 0.1) is 6.61 Å². The molecule has 0 spiro atoms. The van der Waals surface area contributed by atoms with E-state index in [1.165, 1.54) is 58.3 Å². The second-order valence-electron chi connectivity index (χ2n) is 6.28. The summed E-state index contributed by atoms with van der Waals surface area (Å²) < 4.78 is 5.74. The molecule has 3 aliphatic rings. The fraction of sp³-hybridized carbons (Fsp3) is 1.00. The standard InChI is InChI=1S/C14H26N2O/c1-14(6-3-10-17-12-14)16-9-4-8-15-7-2-5-13(15)11-16/h13H,2-12H2,1H3. The van der Waals surface area contributed by atoms with Crippen LogP contribution in [0.4, 0.5) is 0 Å². The van der Waals surface area contributed by atoms with Crippen molar-refractivity contribution in [1.82, 2.24) is 9.80 Å². The molecule has 3 heteroatoms. The molecule has 0 saturated carbocycles. The van der Waals surface area contributed by atoms with E-state index in [4.69, 9.17) is 4.74 Å². The maximum absolute atomic E-state index is 5.74. The van der Waals surface area contributed by atoms with Gasteiger partial charge in [0.1, 0.15) is 0 Å². The molecule has 3 heterocycles. The van der Waals surface area contributed by atoms with Crippen LogP contribution in [-0.4, -0.2) is 60.8 Å². The Bertz CT molecular complexity index is 263. The van der Waals surface area contributed by atoms with Crippen LogP contribution in [0.5, 0.6) is 0 Å². The van der Waals surface area contributed by atoms with E-state index in [-0.39, 0.29) is 0 Å². The summed E-state index contributed by atoms with van der Waals surface area (Å²) in [7, 11) is 0. The molecular formula is C14H26N2O. The van der Waals surface area contributed by atoms with Gasteiger partial charge in [-0.15, -0.1) is 0 Å². The number of ether oxygens (including phenoxy) is 1. The molecule has 98 valence electrons. The Labute approximate surface area is 105 Å². The van der Waals surface area contributed by atoms with E-state index in [0.717, 1.165) is 19.3 Å². The molecule has 0 aliphatic carbocycles. The molecule has 2 unspecified atom stereocenters. The van der Waals surface area contributed by atoms with Crippen molar-refractivity contribution in [2.24, 2.45) is 0 Å². The van der Waals surface area contributed by atoms with Gasteiger partial charge in [-0.2, -0.15) is 0 Å². The molecule has 3 saturated heterocycles. The predicted molar refractivity (Wildman–Crippen MR) is 69.2 cm³/mol. The summed E-state index contributed by atoms with van der Waals surface area (Å²) in [4.78, 5) is 5.45. The van der Waals surface area contributed by atoms with Crippen LogP contribution in [0.3, 0.4) is 0 Å². The minimum atomic E-state index is 0.316. The van der Waals surface area contributed by atoms with E-state index in [1.54, 1.807) is 0 Å². The zero-order valence-corrected chi connectivity index (χ0v) is 11.2. The summed E-state index contributed by atoms with van der Waals surface area (Å²) in [6.45, 7) is 9.53. The third-order valence-corrected chi connectivity index (χ3v) is 4.98. The van der Waals surface area contributed by atoms with Gasteiger partial charge in [0.15, 0.2) is 0 Å². The summed E-state index contributed by atoms with van der Waals surface area (Å²) in [5, 5.41) is 0. The van der Waals surface area contributed by atoms with Crippen molar-refractivity contribution in [3.63, 3.8) is 0 Å². The first-order chi connectivity index (χ1) is 8.28. The number of nitrogens with zero attached hydrogens (tertiary/aromatic N) is 2. The highest BCUT2D eigenvalue weighted by atomic mass is 16.5. The van der Waals surface area contributed by atoms with Crippen molar-refractivity contribution in [1.29, 1.82) is 0 Å². The van der Waals surface area contributed by atoms with E-state index in [9.17, 15) is 0 Å². The second kappa shape index (κ2) is 4.87. The zero-order valence-electron chi connectivity index (χ0n) is 11.2. The van der Waals surface area contributed by atoms with Gasteiger partial charge in [0.2, 0.25) is 0 Å². The monoisotopic (exact) mass is 238 g/mol. The van der Waals surface area contributed by atoms with Crippen molar-refractivity contribution in [2.75, 3.05) is 39.4 Å². The summed E-state index contributed by atoms with van der Waals surface area (Å²) in [6, 6.07) is 0.830. The quantitative estimate of drug-likeness (QED) is 0.692. The van der Waals surface area contributed by atoms with Gasteiger partial charge in [0.25, 0.3) is 0 Å².